The van der Waals surface area contributed by atoms with Gasteiger partial charge in [-0.2, -0.15) is 15.1 Å². The van der Waals surface area contributed by atoms with Crippen LogP contribution in [0, 0.1) is 0 Å². The third-order valence-electron chi connectivity index (χ3n) is 2.15. The molecule has 18 heavy (non-hydrogen) atoms. The number of ether oxygens (including phenoxy) is 2. The molecule has 0 fully saturated rings. The Kier molecular flexibility index (Phi) is 3.33. The Morgan fingerprint density at radius 3 is 2.78 bits per heavy atom. The van der Waals surface area contributed by atoms with Gasteiger partial charge in [0.25, 0.3) is 0 Å². The average Bonchev–Trinajstić information content (AvgIpc) is 2.70. The average molecular weight is 251 g/mol. The van der Waals surface area contributed by atoms with Crippen molar-refractivity contribution in [2.24, 2.45) is 0 Å². The maximum Gasteiger partial charge on any atom is 0.229 e. The van der Waals surface area contributed by atoms with Crippen molar-refractivity contribution in [2.75, 3.05) is 18.9 Å². The molecule has 0 aliphatic carbocycles. The van der Waals surface area contributed by atoms with Gasteiger partial charge in [0.2, 0.25) is 11.8 Å². The van der Waals surface area contributed by atoms with Gasteiger partial charge in [0, 0.05) is 0 Å². The van der Waals surface area contributed by atoms with Crippen molar-refractivity contribution in [3.05, 3.63) is 6.20 Å². The Balaban J connectivity index is 2.01. The van der Waals surface area contributed by atoms with Crippen LogP contribution < -0.4 is 10.5 Å². The van der Waals surface area contributed by atoms with Crippen LogP contribution in [0.5, 0.6) is 5.88 Å². The van der Waals surface area contributed by atoms with E-state index in [9.17, 15) is 0 Å². The number of aromatic amines is 1. The smallest absolute Gasteiger partial charge is 0.229 e. The first-order chi connectivity index (χ1) is 8.46. The van der Waals surface area contributed by atoms with E-state index in [0.29, 0.717) is 30.1 Å². The molecule has 2 aromatic heterocycles. The monoisotopic (exact) mass is 251 g/mol. The number of nitrogen functional groups attached to an aromatic ring is 1. The Bertz CT molecular complexity index is 532. The lowest BCUT2D eigenvalue weighted by atomic mass is 10.2. The third-order valence-corrected chi connectivity index (χ3v) is 2.15. The standard InChI is InChI=1S/C11H17N5O2/c1-11(2,3)18-5-4-17-9-7-6-13-16-8(7)14-10(12)15-9/h6H,4-5H2,1-3H3,(H3,12,13,14,15,16). The van der Waals surface area contributed by atoms with Crippen LogP contribution >= 0.6 is 0 Å². The molecule has 2 heterocycles. The SMILES string of the molecule is CC(C)(C)OCCOc1nc(N)nc2[nH]ncc12. The molecule has 0 saturated carbocycles. The molecule has 0 unspecified atom stereocenters. The second-order valence-corrected chi connectivity index (χ2v) is 4.83. The first-order valence-corrected chi connectivity index (χ1v) is 5.69. The molecule has 2 rings (SSSR count). The topological polar surface area (TPSA) is 98.9 Å². The number of fused-ring (bicyclic) bond motifs is 1. The van der Waals surface area contributed by atoms with Gasteiger partial charge in [-0.15, -0.1) is 0 Å². The van der Waals surface area contributed by atoms with Gasteiger partial charge in [0.05, 0.1) is 18.4 Å². The van der Waals surface area contributed by atoms with Crippen molar-refractivity contribution in [1.29, 1.82) is 0 Å². The molecular weight excluding hydrogens is 234 g/mol. The van der Waals surface area contributed by atoms with Gasteiger partial charge >= 0.3 is 0 Å². The highest BCUT2D eigenvalue weighted by molar-refractivity contribution is 5.80. The summed E-state index contributed by atoms with van der Waals surface area (Å²) in [5.74, 6) is 0.572. The summed E-state index contributed by atoms with van der Waals surface area (Å²) in [5.41, 5.74) is 5.96. The summed E-state index contributed by atoms with van der Waals surface area (Å²) in [6.45, 7) is 6.85. The van der Waals surface area contributed by atoms with E-state index in [1.807, 2.05) is 20.8 Å². The van der Waals surface area contributed by atoms with E-state index in [2.05, 4.69) is 20.2 Å². The van der Waals surface area contributed by atoms with E-state index in [1.165, 1.54) is 0 Å². The molecule has 0 bridgehead atoms. The van der Waals surface area contributed by atoms with E-state index in [1.54, 1.807) is 6.20 Å². The predicted molar refractivity (Wildman–Crippen MR) is 67.3 cm³/mol. The van der Waals surface area contributed by atoms with Gasteiger partial charge in [-0.3, -0.25) is 5.10 Å². The number of H-pyrrole nitrogens is 1. The van der Waals surface area contributed by atoms with Crippen LogP contribution in [0.25, 0.3) is 11.0 Å². The number of anilines is 1. The fourth-order valence-electron chi connectivity index (χ4n) is 1.42. The van der Waals surface area contributed by atoms with E-state index in [4.69, 9.17) is 15.2 Å². The molecule has 0 aliphatic heterocycles. The molecule has 0 aliphatic rings. The minimum absolute atomic E-state index is 0.151. The second-order valence-electron chi connectivity index (χ2n) is 4.83. The Hall–Kier alpha value is -1.89. The fraction of sp³-hybridized carbons (Fsp3) is 0.545. The summed E-state index contributed by atoms with van der Waals surface area (Å²) < 4.78 is 11.1. The lowest BCUT2D eigenvalue weighted by Gasteiger charge is -2.19. The molecule has 2 aromatic rings. The number of hydrogen-bond acceptors (Lipinski definition) is 6. The second kappa shape index (κ2) is 4.77. The van der Waals surface area contributed by atoms with Crippen molar-refractivity contribution in [1.82, 2.24) is 20.2 Å². The minimum atomic E-state index is -0.182. The largest absolute Gasteiger partial charge is 0.475 e. The van der Waals surface area contributed by atoms with Crippen LogP contribution in [0.2, 0.25) is 0 Å². The van der Waals surface area contributed by atoms with Crippen molar-refractivity contribution >= 4 is 17.0 Å². The molecule has 7 nitrogen and oxygen atoms in total. The highest BCUT2D eigenvalue weighted by Crippen LogP contribution is 2.20. The quantitative estimate of drug-likeness (QED) is 0.790. The maximum absolute atomic E-state index is 5.58. The number of nitrogens with one attached hydrogen (secondary N) is 1. The van der Waals surface area contributed by atoms with Gasteiger partial charge in [-0.1, -0.05) is 0 Å². The number of hydrogen-bond donors (Lipinski definition) is 2. The van der Waals surface area contributed by atoms with Gasteiger partial charge in [0.1, 0.15) is 12.0 Å². The van der Waals surface area contributed by atoms with Crippen molar-refractivity contribution < 1.29 is 9.47 Å². The third kappa shape index (κ3) is 3.07. The Morgan fingerprint density at radius 1 is 1.28 bits per heavy atom. The highest BCUT2D eigenvalue weighted by atomic mass is 16.5. The Morgan fingerprint density at radius 2 is 2.06 bits per heavy atom. The molecule has 7 heteroatoms. The molecule has 0 spiro atoms. The maximum atomic E-state index is 5.58. The number of rotatable bonds is 4. The summed E-state index contributed by atoms with van der Waals surface area (Å²) in [6, 6.07) is 0. The molecule has 98 valence electrons. The zero-order chi connectivity index (χ0) is 13.2. The summed E-state index contributed by atoms with van der Waals surface area (Å²) in [5, 5.41) is 7.31. The van der Waals surface area contributed by atoms with Crippen LogP contribution in [0.1, 0.15) is 20.8 Å². The van der Waals surface area contributed by atoms with Crippen molar-refractivity contribution in [2.45, 2.75) is 26.4 Å². The molecular formula is C11H17N5O2. The van der Waals surface area contributed by atoms with Gasteiger partial charge < -0.3 is 15.2 Å². The van der Waals surface area contributed by atoms with Gasteiger partial charge in [0.15, 0.2) is 5.65 Å². The van der Waals surface area contributed by atoms with E-state index >= 15 is 0 Å². The molecule has 0 radical (unpaired) electrons. The zero-order valence-electron chi connectivity index (χ0n) is 10.7. The van der Waals surface area contributed by atoms with Crippen LogP contribution in [0.4, 0.5) is 5.95 Å². The molecule has 0 saturated heterocycles. The van der Waals surface area contributed by atoms with Crippen LogP contribution in [0.3, 0.4) is 0 Å². The zero-order valence-corrected chi connectivity index (χ0v) is 10.7. The van der Waals surface area contributed by atoms with Crippen LogP contribution in [-0.4, -0.2) is 39.0 Å². The lowest BCUT2D eigenvalue weighted by molar-refractivity contribution is -0.0166. The molecule has 0 aromatic carbocycles. The summed E-state index contributed by atoms with van der Waals surface area (Å²) in [6.07, 6.45) is 1.61. The lowest BCUT2D eigenvalue weighted by Crippen LogP contribution is -2.22. The fourth-order valence-corrected chi connectivity index (χ4v) is 1.42. The van der Waals surface area contributed by atoms with Crippen LogP contribution in [0.15, 0.2) is 6.20 Å². The summed E-state index contributed by atoms with van der Waals surface area (Å²) in [4.78, 5) is 8.04. The van der Waals surface area contributed by atoms with Gasteiger partial charge in [-0.25, -0.2) is 0 Å². The highest BCUT2D eigenvalue weighted by Gasteiger charge is 2.11. The molecule has 3 N–H and O–H groups in total. The van der Waals surface area contributed by atoms with E-state index in [-0.39, 0.29) is 11.5 Å². The predicted octanol–water partition coefficient (Wildman–Crippen LogP) is 1.13. The number of nitrogens with zero attached hydrogens (tertiary/aromatic N) is 3. The van der Waals surface area contributed by atoms with Crippen molar-refractivity contribution in [3.8, 4) is 5.88 Å². The first-order valence-electron chi connectivity index (χ1n) is 5.69. The van der Waals surface area contributed by atoms with Crippen molar-refractivity contribution in [3.63, 3.8) is 0 Å². The molecule has 0 atom stereocenters. The number of aromatic nitrogens is 4. The Labute approximate surface area is 105 Å². The van der Waals surface area contributed by atoms with Gasteiger partial charge in [-0.05, 0) is 20.8 Å². The van der Waals surface area contributed by atoms with Crippen LogP contribution in [-0.2, 0) is 4.74 Å². The summed E-state index contributed by atoms with van der Waals surface area (Å²) >= 11 is 0. The van der Waals surface area contributed by atoms with E-state index in [0.717, 1.165) is 0 Å². The number of nitrogens with two attached hydrogens (primary N) is 1. The molecule has 0 amide bonds. The van der Waals surface area contributed by atoms with E-state index < -0.39 is 0 Å². The normalized spacial score (nSPS) is 11.9. The summed E-state index contributed by atoms with van der Waals surface area (Å²) in [7, 11) is 0. The minimum Gasteiger partial charge on any atom is -0.475 e. The first kappa shape index (κ1) is 12.6.